The van der Waals surface area contributed by atoms with Crippen molar-refractivity contribution in [3.05, 3.63) is 22.3 Å². The monoisotopic (exact) mass is 248 g/mol. The Bertz CT molecular complexity index is 477. The van der Waals surface area contributed by atoms with Gasteiger partial charge in [-0.2, -0.15) is 0 Å². The van der Waals surface area contributed by atoms with E-state index in [0.29, 0.717) is 22.3 Å². The fraction of sp³-hybridized carbons (Fsp3) is 0.333. The number of carbonyl (C=O) groups is 4. The number of hydrogen-bond acceptors (Lipinski definition) is 6. The summed E-state index contributed by atoms with van der Waals surface area (Å²) in [5.41, 5.74) is 1.27. The summed E-state index contributed by atoms with van der Waals surface area (Å²) in [5, 5.41) is 0. The molecule has 2 aliphatic heterocycles. The molecule has 0 fully saturated rings. The highest BCUT2D eigenvalue weighted by atomic mass is 16.6. The van der Waals surface area contributed by atoms with Crippen LogP contribution in [0.3, 0.4) is 0 Å². The molecule has 0 N–H and O–H groups in total. The molecule has 0 atom stereocenters. The zero-order chi connectivity index (χ0) is 12.9. The van der Waals surface area contributed by atoms with E-state index in [1.807, 2.05) is 0 Å². The predicted molar refractivity (Wildman–Crippen MR) is 54.7 cm³/mol. The predicted octanol–water partition coefficient (Wildman–Crippen LogP) is 0.320. The van der Waals surface area contributed by atoms with Crippen molar-refractivity contribution >= 4 is 23.9 Å². The van der Waals surface area contributed by atoms with Crippen molar-refractivity contribution in [2.24, 2.45) is 0 Å². The van der Waals surface area contributed by atoms with Crippen LogP contribution in [0.5, 0.6) is 0 Å². The molecule has 0 bridgehead atoms. The van der Waals surface area contributed by atoms with Gasteiger partial charge in [-0.1, -0.05) is 0 Å². The van der Waals surface area contributed by atoms with E-state index in [2.05, 4.69) is 9.47 Å². The molecule has 0 saturated carbocycles. The fourth-order valence-corrected chi connectivity index (χ4v) is 2.42. The first-order chi connectivity index (χ1) is 8.58. The van der Waals surface area contributed by atoms with Gasteiger partial charge in [-0.25, -0.2) is 19.2 Å². The summed E-state index contributed by atoms with van der Waals surface area (Å²) in [4.78, 5) is 45.7. The number of esters is 4. The lowest BCUT2D eigenvalue weighted by molar-refractivity contribution is -0.153. The van der Waals surface area contributed by atoms with Crippen molar-refractivity contribution in [1.29, 1.82) is 0 Å². The first-order valence-corrected chi connectivity index (χ1v) is 5.55. The third-order valence-electron chi connectivity index (χ3n) is 3.33. The van der Waals surface area contributed by atoms with Gasteiger partial charge < -0.3 is 9.47 Å². The molecule has 3 aliphatic rings. The van der Waals surface area contributed by atoms with Gasteiger partial charge in [0.15, 0.2) is 0 Å². The second-order valence-electron chi connectivity index (χ2n) is 4.27. The van der Waals surface area contributed by atoms with E-state index >= 15 is 0 Å². The third kappa shape index (κ3) is 1.42. The minimum absolute atomic E-state index is 0.223. The molecule has 0 aromatic heterocycles. The van der Waals surface area contributed by atoms with Gasteiger partial charge in [0.1, 0.15) is 0 Å². The molecule has 3 rings (SSSR count). The maximum absolute atomic E-state index is 11.4. The average molecular weight is 248 g/mol. The van der Waals surface area contributed by atoms with Gasteiger partial charge in [0.25, 0.3) is 0 Å². The van der Waals surface area contributed by atoms with Gasteiger partial charge in [0.05, 0.1) is 0 Å². The van der Waals surface area contributed by atoms with Crippen LogP contribution in [0.2, 0.25) is 0 Å². The SMILES string of the molecule is O=C1OC(=O)C2=C1CCC1=C(CC2)C(=O)OC1=O. The average Bonchev–Trinajstić information content (AvgIpc) is 2.65. The maximum Gasteiger partial charge on any atom is 0.342 e. The molecule has 18 heavy (non-hydrogen) atoms. The van der Waals surface area contributed by atoms with Crippen LogP contribution in [0.1, 0.15) is 25.7 Å². The largest absolute Gasteiger partial charge is 0.386 e. The van der Waals surface area contributed by atoms with Crippen molar-refractivity contribution in [1.82, 2.24) is 0 Å². The van der Waals surface area contributed by atoms with E-state index in [0.717, 1.165) is 0 Å². The van der Waals surface area contributed by atoms with Crippen LogP contribution in [-0.2, 0) is 28.7 Å². The number of rotatable bonds is 0. The van der Waals surface area contributed by atoms with E-state index in [9.17, 15) is 19.2 Å². The zero-order valence-electron chi connectivity index (χ0n) is 9.28. The Morgan fingerprint density at radius 2 is 0.722 bits per heavy atom. The van der Waals surface area contributed by atoms with Gasteiger partial charge in [-0.05, 0) is 25.7 Å². The highest BCUT2D eigenvalue weighted by molar-refractivity contribution is 6.15. The van der Waals surface area contributed by atoms with E-state index < -0.39 is 23.9 Å². The normalized spacial score (nSPS) is 23.6. The van der Waals surface area contributed by atoms with Crippen molar-refractivity contribution in [2.75, 3.05) is 0 Å². The van der Waals surface area contributed by atoms with Gasteiger partial charge in [-0.15, -0.1) is 0 Å². The highest BCUT2D eigenvalue weighted by Crippen LogP contribution is 2.35. The summed E-state index contributed by atoms with van der Waals surface area (Å²) >= 11 is 0. The molecule has 92 valence electrons. The first-order valence-electron chi connectivity index (χ1n) is 5.55. The Hall–Kier alpha value is -2.24. The van der Waals surface area contributed by atoms with Gasteiger partial charge in [-0.3, -0.25) is 0 Å². The lowest BCUT2D eigenvalue weighted by Gasteiger charge is -2.07. The van der Waals surface area contributed by atoms with Crippen molar-refractivity contribution < 1.29 is 28.7 Å². The lowest BCUT2D eigenvalue weighted by Crippen LogP contribution is -2.05. The molecular weight excluding hydrogens is 240 g/mol. The Labute approximate surface area is 101 Å². The summed E-state index contributed by atoms with van der Waals surface area (Å²) in [6, 6.07) is 0. The number of cyclic esters (lactones) is 4. The topological polar surface area (TPSA) is 86.7 Å². The number of ether oxygens (including phenoxy) is 2. The molecule has 0 aromatic carbocycles. The van der Waals surface area contributed by atoms with Crippen LogP contribution in [-0.4, -0.2) is 23.9 Å². The summed E-state index contributed by atoms with van der Waals surface area (Å²) in [6.07, 6.45) is 0.893. The first kappa shape index (κ1) is 10.9. The fourth-order valence-electron chi connectivity index (χ4n) is 2.42. The Morgan fingerprint density at radius 1 is 0.500 bits per heavy atom. The minimum atomic E-state index is -0.642. The van der Waals surface area contributed by atoms with Gasteiger partial charge in [0, 0.05) is 22.3 Å². The standard InChI is InChI=1S/C12H8O6/c13-9-5-1-2-6-8(12(16)18-10(6)14)4-3-7(5)11(15)17-9/h1-4H2. The summed E-state index contributed by atoms with van der Waals surface area (Å²) in [6.45, 7) is 0. The Morgan fingerprint density at radius 3 is 0.944 bits per heavy atom. The second kappa shape index (κ2) is 3.63. The van der Waals surface area contributed by atoms with Crippen molar-refractivity contribution in [2.45, 2.75) is 25.7 Å². The van der Waals surface area contributed by atoms with Crippen LogP contribution in [0, 0.1) is 0 Å². The Kier molecular flexibility index (Phi) is 2.19. The van der Waals surface area contributed by atoms with Crippen LogP contribution >= 0.6 is 0 Å². The summed E-state index contributed by atoms with van der Waals surface area (Å²) in [5.74, 6) is -2.57. The van der Waals surface area contributed by atoms with Crippen molar-refractivity contribution in [3.8, 4) is 0 Å². The van der Waals surface area contributed by atoms with Crippen LogP contribution in [0.25, 0.3) is 0 Å². The zero-order valence-corrected chi connectivity index (χ0v) is 9.28. The highest BCUT2D eigenvalue weighted by Gasteiger charge is 2.38. The maximum atomic E-state index is 11.4. The van der Waals surface area contributed by atoms with Crippen LogP contribution < -0.4 is 0 Å². The van der Waals surface area contributed by atoms with Gasteiger partial charge >= 0.3 is 23.9 Å². The van der Waals surface area contributed by atoms with E-state index in [4.69, 9.17) is 0 Å². The third-order valence-corrected chi connectivity index (χ3v) is 3.33. The summed E-state index contributed by atoms with van der Waals surface area (Å²) < 4.78 is 9.05. The van der Waals surface area contributed by atoms with E-state index in [1.54, 1.807) is 0 Å². The van der Waals surface area contributed by atoms with E-state index in [1.165, 1.54) is 0 Å². The molecule has 0 saturated heterocycles. The number of hydrogen-bond donors (Lipinski definition) is 0. The molecule has 0 radical (unpaired) electrons. The Balaban J connectivity index is 1.95. The van der Waals surface area contributed by atoms with Gasteiger partial charge in [0.2, 0.25) is 0 Å². The molecular formula is C12H8O6. The molecule has 6 nitrogen and oxygen atoms in total. The summed E-state index contributed by atoms with van der Waals surface area (Å²) in [7, 11) is 0. The molecule has 0 spiro atoms. The number of carbonyl (C=O) groups excluding carboxylic acids is 4. The van der Waals surface area contributed by atoms with Crippen LogP contribution in [0.4, 0.5) is 0 Å². The van der Waals surface area contributed by atoms with Crippen molar-refractivity contribution in [3.63, 3.8) is 0 Å². The second-order valence-corrected chi connectivity index (χ2v) is 4.27. The minimum Gasteiger partial charge on any atom is -0.386 e. The molecule has 0 aromatic rings. The quantitative estimate of drug-likeness (QED) is 0.453. The molecule has 1 aliphatic carbocycles. The molecule has 2 heterocycles. The van der Waals surface area contributed by atoms with E-state index in [-0.39, 0.29) is 25.7 Å². The smallest absolute Gasteiger partial charge is 0.342 e. The molecule has 0 unspecified atom stereocenters. The lowest BCUT2D eigenvalue weighted by atomic mass is 9.91. The molecule has 0 amide bonds. The molecule has 6 heteroatoms. The van der Waals surface area contributed by atoms with Crippen LogP contribution in [0.15, 0.2) is 22.3 Å².